The molecule has 0 saturated carbocycles. The van der Waals surface area contributed by atoms with E-state index in [-0.39, 0.29) is 22.9 Å². The topological polar surface area (TPSA) is 92.5 Å². The van der Waals surface area contributed by atoms with Crippen molar-refractivity contribution in [2.45, 2.75) is 0 Å². The van der Waals surface area contributed by atoms with Gasteiger partial charge in [-0.15, -0.1) is 0 Å². The van der Waals surface area contributed by atoms with Crippen molar-refractivity contribution in [3.05, 3.63) is 107 Å². The molecule has 0 spiro atoms. The highest BCUT2D eigenvalue weighted by Gasteiger charge is 2.17. The SMILES string of the molecule is Nc1ccc(-c2ccc(N)c(O)c2C#Cc2ccccc2)c(C#Cc2ccccc2)c1O. The predicted molar refractivity (Wildman–Crippen MR) is 129 cm³/mol. The summed E-state index contributed by atoms with van der Waals surface area (Å²) in [5.41, 5.74) is 15.8. The van der Waals surface area contributed by atoms with E-state index < -0.39 is 0 Å². The standard InChI is InChI=1S/C28H20N2O2/c29-25-17-15-21(23(27(25)31)13-11-19-7-3-1-4-8-19)22-16-18-26(30)28(32)24(22)14-12-20-9-5-2-6-10-20/h1-10,15-18,31-32H,29-30H2. The molecule has 4 rings (SSSR count). The zero-order chi connectivity index (χ0) is 22.5. The van der Waals surface area contributed by atoms with Crippen LogP contribution < -0.4 is 11.5 Å². The Morgan fingerprint density at radius 1 is 0.469 bits per heavy atom. The van der Waals surface area contributed by atoms with Crippen LogP contribution in [0.25, 0.3) is 11.1 Å². The van der Waals surface area contributed by atoms with Gasteiger partial charge < -0.3 is 21.7 Å². The molecule has 4 aromatic carbocycles. The molecule has 4 heteroatoms. The molecule has 0 amide bonds. The molecule has 0 bridgehead atoms. The number of anilines is 2. The monoisotopic (exact) mass is 416 g/mol. The molecule has 0 aliphatic carbocycles. The largest absolute Gasteiger partial charge is 0.505 e. The Bertz CT molecular complexity index is 1290. The lowest BCUT2D eigenvalue weighted by molar-refractivity contribution is 0.475. The number of hydrogen-bond donors (Lipinski definition) is 4. The molecule has 0 radical (unpaired) electrons. The number of rotatable bonds is 1. The molecule has 0 unspecified atom stereocenters. The Balaban J connectivity index is 1.92. The molecule has 0 aromatic heterocycles. The molecule has 0 fully saturated rings. The van der Waals surface area contributed by atoms with Gasteiger partial charge >= 0.3 is 0 Å². The van der Waals surface area contributed by atoms with E-state index in [2.05, 4.69) is 23.7 Å². The first-order valence-corrected chi connectivity index (χ1v) is 9.92. The average molecular weight is 416 g/mol. The van der Waals surface area contributed by atoms with E-state index in [1.54, 1.807) is 24.3 Å². The van der Waals surface area contributed by atoms with E-state index in [0.717, 1.165) is 11.1 Å². The summed E-state index contributed by atoms with van der Waals surface area (Å²) in [6.45, 7) is 0. The number of hydrogen-bond acceptors (Lipinski definition) is 4. The first kappa shape index (κ1) is 20.5. The summed E-state index contributed by atoms with van der Waals surface area (Å²) in [4.78, 5) is 0. The molecule has 0 aliphatic rings. The van der Waals surface area contributed by atoms with Gasteiger partial charge in [0.1, 0.15) is 0 Å². The van der Waals surface area contributed by atoms with Crippen molar-refractivity contribution in [3.63, 3.8) is 0 Å². The minimum Gasteiger partial charge on any atom is -0.505 e. The fourth-order valence-electron chi connectivity index (χ4n) is 3.23. The van der Waals surface area contributed by atoms with Crippen molar-refractivity contribution >= 4 is 11.4 Å². The third-order valence-electron chi connectivity index (χ3n) is 4.92. The van der Waals surface area contributed by atoms with Crippen LogP contribution >= 0.6 is 0 Å². The van der Waals surface area contributed by atoms with E-state index >= 15 is 0 Å². The second kappa shape index (κ2) is 8.92. The van der Waals surface area contributed by atoms with Gasteiger partial charge in [-0.25, -0.2) is 0 Å². The first-order valence-electron chi connectivity index (χ1n) is 9.92. The summed E-state index contributed by atoms with van der Waals surface area (Å²) in [5.74, 6) is 11.9. The molecule has 4 aromatic rings. The number of phenols is 2. The van der Waals surface area contributed by atoms with Gasteiger partial charge in [0.05, 0.1) is 22.5 Å². The van der Waals surface area contributed by atoms with E-state index in [1.807, 2.05) is 60.7 Å². The fraction of sp³-hybridized carbons (Fsp3) is 0. The predicted octanol–water partition coefficient (Wildman–Crippen LogP) is 4.73. The molecule has 154 valence electrons. The quantitative estimate of drug-likeness (QED) is 0.205. The summed E-state index contributed by atoms with van der Waals surface area (Å²) in [7, 11) is 0. The normalized spacial score (nSPS) is 9.88. The molecule has 6 N–H and O–H groups in total. The van der Waals surface area contributed by atoms with Crippen LogP contribution in [-0.4, -0.2) is 10.2 Å². The second-order valence-corrected chi connectivity index (χ2v) is 7.08. The maximum absolute atomic E-state index is 10.7. The summed E-state index contributed by atoms with van der Waals surface area (Å²) in [6.07, 6.45) is 0. The number of phenolic OH excluding ortho intramolecular Hbond substituents is 2. The molecular formula is C28H20N2O2. The Hall–Kier alpha value is -4.80. The molecule has 0 heterocycles. The van der Waals surface area contributed by atoms with Crippen molar-refractivity contribution in [2.24, 2.45) is 0 Å². The van der Waals surface area contributed by atoms with Crippen LogP contribution in [0.1, 0.15) is 22.3 Å². The van der Waals surface area contributed by atoms with Crippen LogP contribution in [0.4, 0.5) is 11.4 Å². The van der Waals surface area contributed by atoms with Gasteiger partial charge in [-0.1, -0.05) is 72.2 Å². The third kappa shape index (κ3) is 4.21. The summed E-state index contributed by atoms with van der Waals surface area (Å²) in [5, 5.41) is 21.4. The van der Waals surface area contributed by atoms with Gasteiger partial charge in [0.25, 0.3) is 0 Å². The Morgan fingerprint density at radius 3 is 1.22 bits per heavy atom. The lowest BCUT2D eigenvalue weighted by Gasteiger charge is -2.13. The van der Waals surface area contributed by atoms with Gasteiger partial charge in [-0.2, -0.15) is 0 Å². The van der Waals surface area contributed by atoms with E-state index in [4.69, 9.17) is 11.5 Å². The van der Waals surface area contributed by atoms with Gasteiger partial charge in [0.15, 0.2) is 11.5 Å². The van der Waals surface area contributed by atoms with Gasteiger partial charge in [0.2, 0.25) is 0 Å². The zero-order valence-electron chi connectivity index (χ0n) is 17.1. The van der Waals surface area contributed by atoms with E-state index in [0.29, 0.717) is 22.3 Å². The number of nitrogen functional groups attached to an aromatic ring is 2. The Morgan fingerprint density at radius 2 is 0.844 bits per heavy atom. The second-order valence-electron chi connectivity index (χ2n) is 7.08. The zero-order valence-corrected chi connectivity index (χ0v) is 17.1. The molecule has 0 saturated heterocycles. The lowest BCUT2D eigenvalue weighted by atomic mass is 9.93. The van der Waals surface area contributed by atoms with Gasteiger partial charge in [-0.3, -0.25) is 0 Å². The maximum atomic E-state index is 10.7. The van der Waals surface area contributed by atoms with E-state index in [1.165, 1.54) is 0 Å². The number of aromatic hydroxyl groups is 2. The van der Waals surface area contributed by atoms with Gasteiger partial charge in [-0.05, 0) is 36.4 Å². The minimum atomic E-state index is -0.121. The molecule has 4 nitrogen and oxygen atoms in total. The van der Waals surface area contributed by atoms with Crippen molar-refractivity contribution in [3.8, 4) is 46.3 Å². The summed E-state index contributed by atoms with van der Waals surface area (Å²) in [6, 6.07) is 25.6. The average Bonchev–Trinajstić information content (AvgIpc) is 2.82. The fourth-order valence-corrected chi connectivity index (χ4v) is 3.23. The van der Waals surface area contributed by atoms with Crippen LogP contribution in [0.3, 0.4) is 0 Å². The van der Waals surface area contributed by atoms with Crippen LogP contribution in [0.5, 0.6) is 11.5 Å². The Labute approximate surface area is 186 Å². The highest BCUT2D eigenvalue weighted by molar-refractivity contribution is 5.85. The molecule has 0 atom stereocenters. The van der Waals surface area contributed by atoms with E-state index in [9.17, 15) is 10.2 Å². The molecule has 0 aliphatic heterocycles. The van der Waals surface area contributed by atoms with Gasteiger partial charge in [0, 0.05) is 22.3 Å². The van der Waals surface area contributed by atoms with Crippen molar-refractivity contribution in [1.82, 2.24) is 0 Å². The minimum absolute atomic E-state index is 0.121. The highest BCUT2D eigenvalue weighted by Crippen LogP contribution is 2.39. The summed E-state index contributed by atoms with van der Waals surface area (Å²) >= 11 is 0. The number of benzene rings is 4. The molecule has 32 heavy (non-hydrogen) atoms. The van der Waals surface area contributed by atoms with Crippen molar-refractivity contribution in [1.29, 1.82) is 0 Å². The summed E-state index contributed by atoms with van der Waals surface area (Å²) < 4.78 is 0. The lowest BCUT2D eigenvalue weighted by Crippen LogP contribution is -1.96. The van der Waals surface area contributed by atoms with Crippen LogP contribution in [0.15, 0.2) is 84.9 Å². The maximum Gasteiger partial charge on any atom is 0.154 e. The van der Waals surface area contributed by atoms with Crippen LogP contribution in [0, 0.1) is 23.7 Å². The van der Waals surface area contributed by atoms with Crippen LogP contribution in [-0.2, 0) is 0 Å². The first-order chi connectivity index (χ1) is 15.5. The van der Waals surface area contributed by atoms with Crippen LogP contribution in [0.2, 0.25) is 0 Å². The third-order valence-corrected chi connectivity index (χ3v) is 4.92. The number of nitrogens with two attached hydrogens (primary N) is 2. The smallest absolute Gasteiger partial charge is 0.154 e. The van der Waals surface area contributed by atoms with Crippen molar-refractivity contribution in [2.75, 3.05) is 11.5 Å². The Kier molecular flexibility index (Phi) is 5.70. The van der Waals surface area contributed by atoms with Crippen molar-refractivity contribution < 1.29 is 10.2 Å². The molecular weight excluding hydrogens is 396 g/mol. The highest BCUT2D eigenvalue weighted by atomic mass is 16.3.